The fourth-order valence-corrected chi connectivity index (χ4v) is 2.18. The molecule has 0 heterocycles. The highest BCUT2D eigenvalue weighted by Crippen LogP contribution is 2.28. The highest BCUT2D eigenvalue weighted by Gasteiger charge is 2.18. The Labute approximate surface area is 112 Å². The predicted octanol–water partition coefficient (Wildman–Crippen LogP) is 3.28. The molecule has 1 atom stereocenters. The van der Waals surface area contributed by atoms with Gasteiger partial charge in [0.25, 0.3) is 0 Å². The molecule has 0 radical (unpaired) electrons. The third kappa shape index (κ3) is 2.58. The molecule has 5 heteroatoms. The van der Waals surface area contributed by atoms with Gasteiger partial charge in [0.05, 0.1) is 10.5 Å². The van der Waals surface area contributed by atoms with Crippen LogP contribution in [0.5, 0.6) is 0 Å². The van der Waals surface area contributed by atoms with Crippen LogP contribution in [0, 0.1) is 11.6 Å². The molecule has 0 aliphatic carbocycles. The van der Waals surface area contributed by atoms with E-state index in [2.05, 4.69) is 21.4 Å². The monoisotopic (exact) mass is 312 g/mol. The molecule has 3 N–H and O–H groups in total. The van der Waals surface area contributed by atoms with Crippen LogP contribution in [0.3, 0.4) is 0 Å². The van der Waals surface area contributed by atoms with Gasteiger partial charge < -0.3 is 0 Å². The van der Waals surface area contributed by atoms with Gasteiger partial charge in [-0.05, 0) is 39.7 Å². The summed E-state index contributed by atoms with van der Waals surface area (Å²) in [6.45, 7) is 0. The number of hydrogen-bond donors (Lipinski definition) is 2. The van der Waals surface area contributed by atoms with Crippen LogP contribution in [-0.4, -0.2) is 0 Å². The van der Waals surface area contributed by atoms with Gasteiger partial charge in [0.15, 0.2) is 0 Å². The smallest absolute Gasteiger partial charge is 0.142 e. The van der Waals surface area contributed by atoms with E-state index in [1.165, 1.54) is 12.1 Å². The molecule has 2 aromatic rings. The van der Waals surface area contributed by atoms with E-state index < -0.39 is 11.9 Å². The van der Waals surface area contributed by atoms with Crippen molar-refractivity contribution in [2.24, 2.45) is 5.84 Å². The van der Waals surface area contributed by atoms with Gasteiger partial charge in [0.1, 0.15) is 11.6 Å². The van der Waals surface area contributed by atoms with Crippen LogP contribution in [-0.2, 0) is 0 Å². The van der Waals surface area contributed by atoms with E-state index in [9.17, 15) is 8.78 Å². The first-order valence-electron chi connectivity index (χ1n) is 5.29. The van der Waals surface area contributed by atoms with Crippen LogP contribution in [0.2, 0.25) is 0 Å². The van der Waals surface area contributed by atoms with Crippen molar-refractivity contribution < 1.29 is 8.78 Å². The fourth-order valence-electron chi connectivity index (χ4n) is 1.80. The lowest BCUT2D eigenvalue weighted by molar-refractivity contribution is 0.552. The Morgan fingerprint density at radius 3 is 2.50 bits per heavy atom. The van der Waals surface area contributed by atoms with Gasteiger partial charge in [-0.3, -0.25) is 5.84 Å². The molecule has 2 nitrogen and oxygen atoms in total. The number of benzene rings is 2. The third-order valence-electron chi connectivity index (χ3n) is 2.64. The fraction of sp³-hybridized carbons (Fsp3) is 0.0769. The molecule has 1 unspecified atom stereocenters. The summed E-state index contributed by atoms with van der Waals surface area (Å²) in [7, 11) is 0. The molecule has 0 saturated heterocycles. The van der Waals surface area contributed by atoms with Crippen LogP contribution in [0.1, 0.15) is 17.2 Å². The van der Waals surface area contributed by atoms with Crippen LogP contribution in [0.15, 0.2) is 46.9 Å². The average Bonchev–Trinajstić information content (AvgIpc) is 2.35. The molecule has 0 bridgehead atoms. The minimum atomic E-state index is -0.599. The van der Waals surface area contributed by atoms with Crippen molar-refractivity contribution in [3.05, 3.63) is 69.7 Å². The van der Waals surface area contributed by atoms with Crippen LogP contribution in [0.4, 0.5) is 8.78 Å². The zero-order valence-corrected chi connectivity index (χ0v) is 10.9. The molecule has 0 fully saturated rings. The van der Waals surface area contributed by atoms with Gasteiger partial charge >= 0.3 is 0 Å². The number of hydrazine groups is 1. The summed E-state index contributed by atoms with van der Waals surface area (Å²) in [4.78, 5) is 0. The van der Waals surface area contributed by atoms with Crippen molar-refractivity contribution >= 4 is 15.9 Å². The lowest BCUT2D eigenvalue weighted by Gasteiger charge is -2.18. The molecule has 0 aliphatic rings. The molecule has 0 aliphatic heterocycles. The minimum Gasteiger partial charge on any atom is -0.271 e. The molecule has 0 spiro atoms. The van der Waals surface area contributed by atoms with E-state index in [1.54, 1.807) is 30.3 Å². The first-order chi connectivity index (χ1) is 8.63. The second kappa shape index (κ2) is 5.56. The zero-order valence-electron chi connectivity index (χ0n) is 9.33. The summed E-state index contributed by atoms with van der Waals surface area (Å²) >= 11 is 3.11. The molecule has 2 aromatic carbocycles. The maximum Gasteiger partial charge on any atom is 0.142 e. The Balaban J connectivity index is 2.49. The second-order valence-corrected chi connectivity index (χ2v) is 4.65. The van der Waals surface area contributed by atoms with Crippen molar-refractivity contribution in [2.45, 2.75) is 6.04 Å². The van der Waals surface area contributed by atoms with Gasteiger partial charge in [-0.1, -0.05) is 24.3 Å². The SMILES string of the molecule is NNC(c1cccc(F)c1)c1cccc(Br)c1F. The summed E-state index contributed by atoms with van der Waals surface area (Å²) in [5.41, 5.74) is 3.43. The molecule has 0 aromatic heterocycles. The van der Waals surface area contributed by atoms with Crippen molar-refractivity contribution in [1.29, 1.82) is 0 Å². The summed E-state index contributed by atoms with van der Waals surface area (Å²) < 4.78 is 27.5. The molecule has 0 amide bonds. The summed E-state index contributed by atoms with van der Waals surface area (Å²) in [6.07, 6.45) is 0. The predicted molar refractivity (Wildman–Crippen MR) is 69.7 cm³/mol. The first kappa shape index (κ1) is 13.1. The van der Waals surface area contributed by atoms with Crippen molar-refractivity contribution in [3.63, 3.8) is 0 Å². The highest BCUT2D eigenvalue weighted by atomic mass is 79.9. The van der Waals surface area contributed by atoms with Crippen LogP contribution >= 0.6 is 15.9 Å². The molecule has 94 valence electrons. The third-order valence-corrected chi connectivity index (χ3v) is 3.25. The maximum atomic E-state index is 14.0. The van der Waals surface area contributed by atoms with Gasteiger partial charge in [0, 0.05) is 5.56 Å². The Hall–Kier alpha value is -1.30. The number of nitrogens with two attached hydrogens (primary N) is 1. The number of hydrogen-bond acceptors (Lipinski definition) is 2. The van der Waals surface area contributed by atoms with Gasteiger partial charge in [0.2, 0.25) is 0 Å². The van der Waals surface area contributed by atoms with Crippen molar-refractivity contribution in [1.82, 2.24) is 5.43 Å². The van der Waals surface area contributed by atoms with E-state index in [-0.39, 0.29) is 5.82 Å². The topological polar surface area (TPSA) is 38.0 Å². The standard InChI is InChI=1S/C13H11BrF2N2/c14-11-6-2-5-10(12(11)16)13(18-17)8-3-1-4-9(15)7-8/h1-7,13,18H,17H2. The summed E-state index contributed by atoms with van der Waals surface area (Å²) in [6, 6.07) is 10.2. The summed E-state index contributed by atoms with van der Waals surface area (Å²) in [5.74, 6) is 4.65. The number of rotatable bonds is 3. The number of nitrogens with one attached hydrogen (secondary N) is 1. The Bertz CT molecular complexity index is 560. The average molecular weight is 313 g/mol. The number of halogens is 3. The largest absolute Gasteiger partial charge is 0.271 e. The molecule has 0 saturated carbocycles. The Morgan fingerprint density at radius 2 is 1.83 bits per heavy atom. The maximum absolute atomic E-state index is 14.0. The summed E-state index contributed by atoms with van der Waals surface area (Å²) in [5, 5.41) is 0. The second-order valence-electron chi connectivity index (χ2n) is 3.80. The molecule has 18 heavy (non-hydrogen) atoms. The zero-order chi connectivity index (χ0) is 13.1. The van der Waals surface area contributed by atoms with Gasteiger partial charge in [-0.15, -0.1) is 0 Å². The molecule has 2 rings (SSSR count). The van der Waals surface area contributed by atoms with E-state index in [0.29, 0.717) is 15.6 Å². The van der Waals surface area contributed by atoms with E-state index in [4.69, 9.17) is 5.84 Å². The van der Waals surface area contributed by atoms with E-state index in [0.717, 1.165) is 0 Å². The van der Waals surface area contributed by atoms with E-state index in [1.807, 2.05) is 0 Å². The van der Waals surface area contributed by atoms with Gasteiger partial charge in [-0.2, -0.15) is 0 Å². The first-order valence-corrected chi connectivity index (χ1v) is 6.08. The highest BCUT2D eigenvalue weighted by molar-refractivity contribution is 9.10. The lowest BCUT2D eigenvalue weighted by Crippen LogP contribution is -2.29. The van der Waals surface area contributed by atoms with Gasteiger partial charge in [-0.25, -0.2) is 14.2 Å². The quantitative estimate of drug-likeness (QED) is 0.674. The van der Waals surface area contributed by atoms with Crippen molar-refractivity contribution in [3.8, 4) is 0 Å². The Kier molecular flexibility index (Phi) is 4.06. The Morgan fingerprint density at radius 1 is 1.11 bits per heavy atom. The van der Waals surface area contributed by atoms with Crippen molar-refractivity contribution in [2.75, 3.05) is 0 Å². The normalized spacial score (nSPS) is 12.4. The minimum absolute atomic E-state index is 0.344. The molecular formula is C13H11BrF2N2. The lowest BCUT2D eigenvalue weighted by atomic mass is 9.99. The van der Waals surface area contributed by atoms with Crippen LogP contribution < -0.4 is 11.3 Å². The van der Waals surface area contributed by atoms with E-state index >= 15 is 0 Å². The molecular weight excluding hydrogens is 302 g/mol. The van der Waals surface area contributed by atoms with Crippen LogP contribution in [0.25, 0.3) is 0 Å².